The summed E-state index contributed by atoms with van der Waals surface area (Å²) in [5.74, 6) is 0.489. The largest absolute Gasteiger partial charge is 0.444 e. The van der Waals surface area contributed by atoms with E-state index in [1.165, 1.54) is 0 Å². The van der Waals surface area contributed by atoms with E-state index in [-0.39, 0.29) is 0 Å². The van der Waals surface area contributed by atoms with Gasteiger partial charge in [-0.05, 0) is 45.4 Å². The smallest absolute Gasteiger partial charge is 0.413 e. The van der Waals surface area contributed by atoms with Crippen molar-refractivity contribution >= 4 is 22.9 Å². The molecule has 0 saturated carbocycles. The first kappa shape index (κ1) is 13.4. The SMILES string of the molecule is Cc1cn(C)c2nc(NC(=O)OC(C)(C)C)ccc12. The van der Waals surface area contributed by atoms with Crippen molar-refractivity contribution in [1.29, 1.82) is 0 Å². The van der Waals surface area contributed by atoms with Crippen molar-refractivity contribution in [2.24, 2.45) is 7.05 Å². The van der Waals surface area contributed by atoms with E-state index in [1.807, 2.05) is 51.6 Å². The third-order valence-electron chi connectivity index (χ3n) is 2.65. The summed E-state index contributed by atoms with van der Waals surface area (Å²) in [5, 5.41) is 3.72. The Morgan fingerprint density at radius 2 is 2.05 bits per heavy atom. The lowest BCUT2D eigenvalue weighted by Gasteiger charge is -2.19. The van der Waals surface area contributed by atoms with Crippen LogP contribution in [0, 0.1) is 6.92 Å². The molecule has 1 N–H and O–H groups in total. The number of nitrogens with one attached hydrogen (secondary N) is 1. The second-order valence-electron chi connectivity index (χ2n) is 5.62. The maximum atomic E-state index is 11.7. The number of pyridine rings is 1. The molecule has 0 atom stereocenters. The molecule has 2 aromatic heterocycles. The molecule has 0 fully saturated rings. The molecule has 2 aromatic rings. The highest BCUT2D eigenvalue weighted by Gasteiger charge is 2.16. The lowest BCUT2D eigenvalue weighted by Crippen LogP contribution is -2.27. The van der Waals surface area contributed by atoms with Gasteiger partial charge in [-0.2, -0.15) is 0 Å². The van der Waals surface area contributed by atoms with Gasteiger partial charge in [0.25, 0.3) is 0 Å². The molecular formula is C14H19N3O2. The van der Waals surface area contributed by atoms with E-state index in [0.29, 0.717) is 5.82 Å². The maximum absolute atomic E-state index is 11.7. The van der Waals surface area contributed by atoms with Gasteiger partial charge in [0.15, 0.2) is 0 Å². The van der Waals surface area contributed by atoms with Crippen LogP contribution in [0.5, 0.6) is 0 Å². The first-order chi connectivity index (χ1) is 8.76. The summed E-state index contributed by atoms with van der Waals surface area (Å²) in [6, 6.07) is 3.73. The minimum atomic E-state index is -0.518. The van der Waals surface area contributed by atoms with Crippen LogP contribution in [0.25, 0.3) is 11.0 Å². The van der Waals surface area contributed by atoms with E-state index in [4.69, 9.17) is 4.74 Å². The van der Waals surface area contributed by atoms with Gasteiger partial charge in [-0.25, -0.2) is 9.78 Å². The fraction of sp³-hybridized carbons (Fsp3) is 0.429. The third kappa shape index (κ3) is 3.05. The molecule has 0 aromatic carbocycles. The van der Waals surface area contributed by atoms with Gasteiger partial charge in [0.2, 0.25) is 0 Å². The molecule has 0 aliphatic carbocycles. The predicted molar refractivity (Wildman–Crippen MR) is 75.3 cm³/mol. The minimum Gasteiger partial charge on any atom is -0.444 e. The molecule has 1 amide bonds. The summed E-state index contributed by atoms with van der Waals surface area (Å²) < 4.78 is 7.13. The molecule has 102 valence electrons. The number of hydrogen-bond donors (Lipinski definition) is 1. The van der Waals surface area contributed by atoms with Crippen molar-refractivity contribution in [2.45, 2.75) is 33.3 Å². The van der Waals surface area contributed by atoms with Crippen LogP contribution in [0.4, 0.5) is 10.6 Å². The quantitative estimate of drug-likeness (QED) is 0.857. The summed E-state index contributed by atoms with van der Waals surface area (Å²) in [6.45, 7) is 7.50. The summed E-state index contributed by atoms with van der Waals surface area (Å²) in [6.07, 6.45) is 1.51. The second kappa shape index (κ2) is 4.57. The van der Waals surface area contributed by atoms with E-state index < -0.39 is 11.7 Å². The number of nitrogens with zero attached hydrogens (tertiary/aromatic N) is 2. The summed E-state index contributed by atoms with van der Waals surface area (Å²) in [5.41, 5.74) is 1.48. The van der Waals surface area contributed by atoms with Gasteiger partial charge >= 0.3 is 6.09 Å². The van der Waals surface area contributed by atoms with Crippen LogP contribution >= 0.6 is 0 Å². The summed E-state index contributed by atoms with van der Waals surface area (Å²) >= 11 is 0. The Morgan fingerprint density at radius 1 is 1.37 bits per heavy atom. The van der Waals surface area contributed by atoms with E-state index in [2.05, 4.69) is 10.3 Å². The molecule has 2 rings (SSSR count). The zero-order valence-corrected chi connectivity index (χ0v) is 11.9. The first-order valence-electron chi connectivity index (χ1n) is 6.19. The number of anilines is 1. The highest BCUT2D eigenvalue weighted by atomic mass is 16.6. The predicted octanol–water partition coefficient (Wildman–Crippen LogP) is 3.23. The van der Waals surface area contributed by atoms with Crippen molar-refractivity contribution in [3.63, 3.8) is 0 Å². The third-order valence-corrected chi connectivity index (χ3v) is 2.65. The average molecular weight is 261 g/mol. The summed E-state index contributed by atoms with van der Waals surface area (Å²) in [4.78, 5) is 16.1. The number of aromatic nitrogens is 2. The van der Waals surface area contributed by atoms with Crippen molar-refractivity contribution in [3.05, 3.63) is 23.9 Å². The number of fused-ring (bicyclic) bond motifs is 1. The van der Waals surface area contributed by atoms with E-state index in [1.54, 1.807) is 6.07 Å². The zero-order valence-electron chi connectivity index (χ0n) is 11.9. The fourth-order valence-corrected chi connectivity index (χ4v) is 1.92. The number of aryl methyl sites for hydroxylation is 2. The Labute approximate surface area is 112 Å². The van der Waals surface area contributed by atoms with Gasteiger partial charge in [0.1, 0.15) is 17.1 Å². The van der Waals surface area contributed by atoms with Crippen molar-refractivity contribution < 1.29 is 9.53 Å². The number of carbonyl (C=O) groups is 1. The average Bonchev–Trinajstić information content (AvgIpc) is 2.51. The van der Waals surface area contributed by atoms with Crippen molar-refractivity contribution in [3.8, 4) is 0 Å². The van der Waals surface area contributed by atoms with E-state index >= 15 is 0 Å². The molecule has 0 bridgehead atoms. The van der Waals surface area contributed by atoms with Crippen LogP contribution in [-0.4, -0.2) is 21.2 Å². The van der Waals surface area contributed by atoms with Crippen molar-refractivity contribution in [1.82, 2.24) is 9.55 Å². The summed E-state index contributed by atoms with van der Waals surface area (Å²) in [7, 11) is 1.93. The van der Waals surface area contributed by atoms with Crippen LogP contribution < -0.4 is 5.32 Å². The van der Waals surface area contributed by atoms with Gasteiger partial charge in [0, 0.05) is 18.6 Å². The minimum absolute atomic E-state index is 0.489. The highest BCUT2D eigenvalue weighted by molar-refractivity contribution is 5.87. The van der Waals surface area contributed by atoms with Crippen LogP contribution in [0.15, 0.2) is 18.3 Å². The molecule has 5 nitrogen and oxygen atoms in total. The Morgan fingerprint density at radius 3 is 2.68 bits per heavy atom. The molecule has 0 aliphatic rings. The Hall–Kier alpha value is -2.04. The van der Waals surface area contributed by atoms with Gasteiger partial charge in [-0.15, -0.1) is 0 Å². The molecule has 19 heavy (non-hydrogen) atoms. The Balaban J connectivity index is 2.22. The second-order valence-corrected chi connectivity index (χ2v) is 5.62. The molecule has 0 saturated heterocycles. The van der Waals surface area contributed by atoms with Crippen LogP contribution in [0.2, 0.25) is 0 Å². The molecule has 0 aliphatic heterocycles. The number of hydrogen-bond acceptors (Lipinski definition) is 3. The lowest BCUT2D eigenvalue weighted by atomic mass is 10.2. The fourth-order valence-electron chi connectivity index (χ4n) is 1.92. The van der Waals surface area contributed by atoms with Gasteiger partial charge in [-0.3, -0.25) is 5.32 Å². The van der Waals surface area contributed by atoms with Gasteiger partial charge in [-0.1, -0.05) is 0 Å². The molecule has 0 spiro atoms. The van der Waals surface area contributed by atoms with Crippen LogP contribution in [0.3, 0.4) is 0 Å². The molecule has 2 heterocycles. The molecule has 5 heteroatoms. The van der Waals surface area contributed by atoms with Gasteiger partial charge < -0.3 is 9.30 Å². The lowest BCUT2D eigenvalue weighted by molar-refractivity contribution is 0.0635. The number of amides is 1. The van der Waals surface area contributed by atoms with Gasteiger partial charge in [0.05, 0.1) is 0 Å². The maximum Gasteiger partial charge on any atom is 0.413 e. The van der Waals surface area contributed by atoms with Crippen LogP contribution in [-0.2, 0) is 11.8 Å². The number of carbonyl (C=O) groups excluding carboxylic acids is 1. The molecule has 0 radical (unpaired) electrons. The van der Waals surface area contributed by atoms with Crippen LogP contribution in [0.1, 0.15) is 26.3 Å². The Kier molecular flexibility index (Phi) is 3.22. The monoisotopic (exact) mass is 261 g/mol. The molecular weight excluding hydrogens is 242 g/mol. The topological polar surface area (TPSA) is 56.2 Å². The number of ether oxygens (including phenoxy) is 1. The zero-order chi connectivity index (χ0) is 14.2. The first-order valence-corrected chi connectivity index (χ1v) is 6.19. The van der Waals surface area contributed by atoms with E-state index in [9.17, 15) is 4.79 Å². The molecule has 0 unspecified atom stereocenters. The van der Waals surface area contributed by atoms with E-state index in [0.717, 1.165) is 16.6 Å². The standard InChI is InChI=1S/C14H19N3O2/c1-9-8-17(5)12-10(9)6-7-11(15-12)16-13(18)19-14(2,3)4/h6-8H,1-5H3,(H,15,16,18). The Bertz CT molecular complexity index is 623. The van der Waals surface area contributed by atoms with Crippen molar-refractivity contribution in [2.75, 3.05) is 5.32 Å². The normalized spacial score (nSPS) is 11.6. The number of rotatable bonds is 1. The highest BCUT2D eigenvalue weighted by Crippen LogP contribution is 2.20.